The molecule has 0 spiro atoms. The van der Waals surface area contributed by atoms with Crippen LogP contribution in [-0.4, -0.2) is 22.9 Å². The van der Waals surface area contributed by atoms with Gasteiger partial charge in [-0.15, -0.1) is 0 Å². The number of ether oxygens (including phenoxy) is 1. The molecule has 0 aliphatic carbocycles. The number of aliphatic hydroxyl groups excluding tert-OH is 1. The lowest BCUT2D eigenvalue weighted by molar-refractivity contribution is -0.132. The number of nitrogens with zero attached hydrogens (tertiary/aromatic N) is 1. The molecule has 1 fully saturated rings. The van der Waals surface area contributed by atoms with Gasteiger partial charge in [-0.25, -0.2) is 4.39 Å². The molecule has 0 bridgehead atoms. The molecule has 1 N–H and O–H groups in total. The Labute approximate surface area is 191 Å². The maximum Gasteiger partial charge on any atom is 0.300 e. The van der Waals surface area contributed by atoms with Gasteiger partial charge in [-0.1, -0.05) is 24.3 Å². The van der Waals surface area contributed by atoms with Gasteiger partial charge in [0.2, 0.25) is 0 Å². The summed E-state index contributed by atoms with van der Waals surface area (Å²) in [4.78, 5) is 27.6. The van der Waals surface area contributed by atoms with Gasteiger partial charge in [0.05, 0.1) is 17.7 Å². The first-order valence-corrected chi connectivity index (χ1v) is 10.7. The quantitative estimate of drug-likeness (QED) is 0.318. The Kier molecular flexibility index (Phi) is 6.01. The second-order valence-corrected chi connectivity index (χ2v) is 8.25. The molecule has 0 saturated carbocycles. The molecule has 33 heavy (non-hydrogen) atoms. The second kappa shape index (κ2) is 8.90. The molecule has 1 aliphatic heterocycles. The van der Waals surface area contributed by atoms with Crippen LogP contribution in [0.4, 0.5) is 10.1 Å². The molecule has 1 heterocycles. The van der Waals surface area contributed by atoms with E-state index in [1.165, 1.54) is 29.2 Å². The lowest BCUT2D eigenvalue weighted by Crippen LogP contribution is -2.29. The van der Waals surface area contributed by atoms with Crippen molar-refractivity contribution in [1.82, 2.24) is 0 Å². The van der Waals surface area contributed by atoms with Crippen LogP contribution in [0.5, 0.6) is 5.75 Å². The standard InChI is InChI=1S/C27H24FNO4/c1-16(2)33-22-13-9-19(10-14-22)25(30)23-24(18-7-11-20(28)12-8-18)29(27(32)26(23)31)21-6-4-5-17(3)15-21/h4-16,24,30H,1-3H3/b25-23+. The highest BCUT2D eigenvalue weighted by Gasteiger charge is 2.47. The molecule has 0 aromatic heterocycles. The topological polar surface area (TPSA) is 66.8 Å². The van der Waals surface area contributed by atoms with Crippen LogP contribution in [0.15, 0.2) is 78.4 Å². The first-order valence-electron chi connectivity index (χ1n) is 10.7. The molecular formula is C27H24FNO4. The van der Waals surface area contributed by atoms with E-state index in [2.05, 4.69) is 0 Å². The van der Waals surface area contributed by atoms with Crippen LogP contribution >= 0.6 is 0 Å². The first-order chi connectivity index (χ1) is 15.8. The first kappa shape index (κ1) is 22.3. The number of halogens is 1. The molecule has 168 valence electrons. The molecule has 1 aliphatic rings. The minimum Gasteiger partial charge on any atom is -0.507 e. The Morgan fingerprint density at radius 1 is 1.00 bits per heavy atom. The summed E-state index contributed by atoms with van der Waals surface area (Å²) in [6.45, 7) is 5.69. The molecule has 1 unspecified atom stereocenters. The van der Waals surface area contributed by atoms with Gasteiger partial charge in [-0.2, -0.15) is 0 Å². The number of carbonyl (C=O) groups is 2. The van der Waals surface area contributed by atoms with E-state index in [0.717, 1.165) is 5.56 Å². The van der Waals surface area contributed by atoms with Crippen LogP contribution in [-0.2, 0) is 9.59 Å². The van der Waals surface area contributed by atoms with Crippen LogP contribution in [0.3, 0.4) is 0 Å². The molecule has 1 amide bonds. The van der Waals surface area contributed by atoms with Gasteiger partial charge in [0, 0.05) is 11.3 Å². The zero-order valence-electron chi connectivity index (χ0n) is 18.6. The fraction of sp³-hybridized carbons (Fsp3) is 0.185. The highest BCUT2D eigenvalue weighted by Crippen LogP contribution is 2.42. The van der Waals surface area contributed by atoms with Gasteiger partial charge in [0.1, 0.15) is 17.3 Å². The Balaban J connectivity index is 1.86. The van der Waals surface area contributed by atoms with Crippen molar-refractivity contribution >= 4 is 23.1 Å². The van der Waals surface area contributed by atoms with Crippen molar-refractivity contribution in [3.8, 4) is 5.75 Å². The van der Waals surface area contributed by atoms with Crippen molar-refractivity contribution in [2.75, 3.05) is 4.90 Å². The average molecular weight is 445 g/mol. The predicted octanol–water partition coefficient (Wildman–Crippen LogP) is 5.55. The molecule has 1 atom stereocenters. The fourth-order valence-corrected chi connectivity index (χ4v) is 3.96. The summed E-state index contributed by atoms with van der Waals surface area (Å²) < 4.78 is 19.3. The molecule has 6 heteroatoms. The molecule has 3 aromatic rings. The van der Waals surface area contributed by atoms with Gasteiger partial charge in [-0.05, 0) is 80.4 Å². The molecule has 4 rings (SSSR count). The summed E-state index contributed by atoms with van der Waals surface area (Å²) in [7, 11) is 0. The average Bonchev–Trinajstić information content (AvgIpc) is 3.04. The Bertz CT molecular complexity index is 1230. The van der Waals surface area contributed by atoms with E-state index >= 15 is 0 Å². The number of aliphatic hydroxyl groups is 1. The van der Waals surface area contributed by atoms with Crippen molar-refractivity contribution in [3.05, 3.63) is 101 Å². The second-order valence-electron chi connectivity index (χ2n) is 8.25. The number of hydrogen-bond donors (Lipinski definition) is 1. The van der Waals surface area contributed by atoms with Gasteiger partial charge >= 0.3 is 0 Å². The van der Waals surface area contributed by atoms with E-state index in [4.69, 9.17) is 4.74 Å². The van der Waals surface area contributed by atoms with Crippen LogP contribution < -0.4 is 9.64 Å². The van der Waals surface area contributed by atoms with Crippen molar-refractivity contribution in [3.63, 3.8) is 0 Å². The maximum atomic E-state index is 13.6. The Morgan fingerprint density at radius 2 is 1.67 bits per heavy atom. The lowest BCUT2D eigenvalue weighted by Gasteiger charge is -2.25. The van der Waals surface area contributed by atoms with Crippen molar-refractivity contribution in [2.24, 2.45) is 0 Å². The van der Waals surface area contributed by atoms with Crippen molar-refractivity contribution in [2.45, 2.75) is 32.9 Å². The van der Waals surface area contributed by atoms with E-state index in [9.17, 15) is 19.1 Å². The lowest BCUT2D eigenvalue weighted by atomic mass is 9.95. The maximum absolute atomic E-state index is 13.6. The summed E-state index contributed by atoms with van der Waals surface area (Å²) in [5.41, 5.74) is 2.27. The third-order valence-electron chi connectivity index (χ3n) is 5.41. The van der Waals surface area contributed by atoms with Crippen LogP contribution in [0.2, 0.25) is 0 Å². The normalized spacial score (nSPS) is 17.6. The summed E-state index contributed by atoms with van der Waals surface area (Å²) in [6, 6.07) is 18.5. The molecule has 0 radical (unpaired) electrons. The number of amides is 1. The minimum absolute atomic E-state index is 0.0115. The third-order valence-corrected chi connectivity index (χ3v) is 5.41. The summed E-state index contributed by atoms with van der Waals surface area (Å²) in [5.74, 6) is -1.67. The SMILES string of the molecule is Cc1cccc(N2C(=O)C(=O)/C(=C(/O)c3ccc(OC(C)C)cc3)C2c2ccc(F)cc2)c1. The van der Waals surface area contributed by atoms with E-state index in [0.29, 0.717) is 22.6 Å². The van der Waals surface area contributed by atoms with Crippen molar-refractivity contribution < 1.29 is 23.8 Å². The number of anilines is 1. The van der Waals surface area contributed by atoms with Crippen LogP contribution in [0, 0.1) is 12.7 Å². The van der Waals surface area contributed by atoms with E-state index in [1.807, 2.05) is 26.8 Å². The van der Waals surface area contributed by atoms with E-state index < -0.39 is 23.5 Å². The minimum atomic E-state index is -0.904. The Hall–Kier alpha value is -3.93. The summed E-state index contributed by atoms with van der Waals surface area (Å²) in [6.07, 6.45) is -0.0115. The zero-order chi connectivity index (χ0) is 23.7. The molecule has 3 aromatic carbocycles. The highest BCUT2D eigenvalue weighted by atomic mass is 19.1. The molecule has 1 saturated heterocycles. The number of benzene rings is 3. The smallest absolute Gasteiger partial charge is 0.300 e. The number of ketones is 1. The number of hydrogen-bond acceptors (Lipinski definition) is 4. The Morgan fingerprint density at radius 3 is 2.27 bits per heavy atom. The molecule has 5 nitrogen and oxygen atoms in total. The third kappa shape index (κ3) is 4.37. The van der Waals surface area contributed by atoms with Crippen LogP contribution in [0.1, 0.15) is 36.6 Å². The van der Waals surface area contributed by atoms with Gasteiger partial charge in [-0.3, -0.25) is 14.5 Å². The largest absolute Gasteiger partial charge is 0.507 e. The molecular weight excluding hydrogens is 421 g/mol. The van der Waals surface area contributed by atoms with Gasteiger partial charge in [0.15, 0.2) is 0 Å². The fourth-order valence-electron chi connectivity index (χ4n) is 3.96. The van der Waals surface area contributed by atoms with E-state index in [1.54, 1.807) is 42.5 Å². The van der Waals surface area contributed by atoms with Gasteiger partial charge in [0.25, 0.3) is 11.7 Å². The number of carbonyl (C=O) groups excluding carboxylic acids is 2. The monoisotopic (exact) mass is 445 g/mol. The van der Waals surface area contributed by atoms with Crippen LogP contribution in [0.25, 0.3) is 5.76 Å². The highest BCUT2D eigenvalue weighted by molar-refractivity contribution is 6.51. The van der Waals surface area contributed by atoms with E-state index in [-0.39, 0.29) is 17.4 Å². The van der Waals surface area contributed by atoms with Crippen molar-refractivity contribution in [1.29, 1.82) is 0 Å². The van der Waals surface area contributed by atoms with Gasteiger partial charge < -0.3 is 9.84 Å². The number of Topliss-reactive ketones (excluding diaryl/α,β-unsaturated/α-hetero) is 1. The zero-order valence-corrected chi connectivity index (χ0v) is 18.6. The summed E-state index contributed by atoms with van der Waals surface area (Å²) in [5, 5.41) is 11.2. The summed E-state index contributed by atoms with van der Waals surface area (Å²) >= 11 is 0. The number of rotatable bonds is 5. The number of aryl methyl sites for hydroxylation is 1. The predicted molar refractivity (Wildman–Crippen MR) is 125 cm³/mol.